The van der Waals surface area contributed by atoms with Crippen LogP contribution in [0.2, 0.25) is 0 Å². The van der Waals surface area contributed by atoms with Crippen molar-refractivity contribution in [3.63, 3.8) is 0 Å². The molecular weight excluding hydrogens is 224 g/mol. The minimum atomic E-state index is 0.526. The maximum absolute atomic E-state index is 4.35. The molecule has 0 spiro atoms. The van der Waals surface area contributed by atoms with Gasteiger partial charge in [-0.1, -0.05) is 0 Å². The van der Waals surface area contributed by atoms with Gasteiger partial charge in [0, 0.05) is 24.8 Å². The Morgan fingerprint density at radius 2 is 2.22 bits per heavy atom. The molecule has 1 N–H and O–H groups in total. The second-order valence-corrected chi connectivity index (χ2v) is 5.71. The fraction of sp³-hybridized carbons (Fsp3) is 0.786. The van der Waals surface area contributed by atoms with Crippen LogP contribution in [0.4, 0.5) is 0 Å². The topological polar surface area (TPSA) is 33.1 Å². The summed E-state index contributed by atoms with van der Waals surface area (Å²) < 4.78 is 2.35. The van der Waals surface area contributed by atoms with Gasteiger partial charge in [-0.25, -0.2) is 4.98 Å². The highest BCUT2D eigenvalue weighted by Gasteiger charge is 2.22. The largest absolute Gasteiger partial charge is 0.332 e. The zero-order valence-electron chi connectivity index (χ0n) is 11.3. The number of rotatable bonds is 4. The maximum atomic E-state index is 4.35. The zero-order valence-corrected chi connectivity index (χ0v) is 11.3. The molecule has 0 aliphatic carbocycles. The highest BCUT2D eigenvalue weighted by atomic mass is 15.2. The van der Waals surface area contributed by atoms with E-state index in [-0.39, 0.29) is 0 Å². The lowest BCUT2D eigenvalue weighted by atomic mass is 10.1. The summed E-state index contributed by atoms with van der Waals surface area (Å²) in [7, 11) is 0. The van der Waals surface area contributed by atoms with Crippen molar-refractivity contribution in [3.05, 3.63) is 18.2 Å². The summed E-state index contributed by atoms with van der Waals surface area (Å²) in [6, 6.07) is 1.15. The Labute approximate surface area is 109 Å². The van der Waals surface area contributed by atoms with Crippen molar-refractivity contribution in [2.45, 2.75) is 51.2 Å². The van der Waals surface area contributed by atoms with Crippen LogP contribution < -0.4 is 5.32 Å². The average Bonchev–Trinajstić information content (AvgIpc) is 3.11. The standard InChI is InChI=1S/C14H24N4/c1-12(17-7-2-3-8-17)10-18-11-15-9-14(18)13-5-4-6-16-13/h9,11-13,16H,2-8,10H2,1H3. The number of nitrogens with zero attached hydrogens (tertiary/aromatic N) is 3. The summed E-state index contributed by atoms with van der Waals surface area (Å²) in [6.07, 6.45) is 9.32. The first-order valence-corrected chi connectivity index (χ1v) is 7.32. The van der Waals surface area contributed by atoms with Gasteiger partial charge in [0.2, 0.25) is 0 Å². The monoisotopic (exact) mass is 248 g/mol. The van der Waals surface area contributed by atoms with Crippen LogP contribution in [0.3, 0.4) is 0 Å². The summed E-state index contributed by atoms with van der Waals surface area (Å²) in [5, 5.41) is 3.57. The van der Waals surface area contributed by atoms with E-state index in [0.717, 1.165) is 13.1 Å². The number of imidazole rings is 1. The molecule has 2 fully saturated rings. The molecule has 3 rings (SSSR count). The zero-order chi connectivity index (χ0) is 12.4. The van der Waals surface area contributed by atoms with Crippen molar-refractivity contribution < 1.29 is 0 Å². The molecule has 2 aliphatic heterocycles. The third-order valence-electron chi connectivity index (χ3n) is 4.39. The van der Waals surface area contributed by atoms with Crippen molar-refractivity contribution in [1.29, 1.82) is 0 Å². The maximum Gasteiger partial charge on any atom is 0.0949 e. The molecule has 0 radical (unpaired) electrons. The lowest BCUT2D eigenvalue weighted by Crippen LogP contribution is -2.34. The number of likely N-dealkylation sites (tertiary alicyclic amines) is 1. The minimum Gasteiger partial charge on any atom is -0.332 e. The van der Waals surface area contributed by atoms with E-state index in [4.69, 9.17) is 0 Å². The Bertz CT molecular complexity index is 375. The van der Waals surface area contributed by atoms with Gasteiger partial charge in [-0.2, -0.15) is 0 Å². The molecule has 0 amide bonds. The van der Waals surface area contributed by atoms with Crippen LogP contribution in [0.15, 0.2) is 12.5 Å². The smallest absolute Gasteiger partial charge is 0.0949 e. The highest BCUT2D eigenvalue weighted by Crippen LogP contribution is 2.23. The second-order valence-electron chi connectivity index (χ2n) is 5.71. The van der Waals surface area contributed by atoms with E-state index in [9.17, 15) is 0 Å². The summed E-state index contributed by atoms with van der Waals surface area (Å²) >= 11 is 0. The molecule has 2 atom stereocenters. The van der Waals surface area contributed by atoms with E-state index in [0.29, 0.717) is 12.1 Å². The molecule has 0 aromatic carbocycles. The fourth-order valence-corrected chi connectivity index (χ4v) is 3.29. The van der Waals surface area contributed by atoms with Crippen LogP contribution in [0.1, 0.15) is 44.3 Å². The van der Waals surface area contributed by atoms with Gasteiger partial charge in [-0.05, 0) is 52.2 Å². The molecular formula is C14H24N4. The van der Waals surface area contributed by atoms with Crippen LogP contribution in [0.25, 0.3) is 0 Å². The van der Waals surface area contributed by atoms with Crippen LogP contribution in [0, 0.1) is 0 Å². The van der Waals surface area contributed by atoms with Crippen molar-refractivity contribution in [3.8, 4) is 0 Å². The van der Waals surface area contributed by atoms with Gasteiger partial charge in [0.15, 0.2) is 0 Å². The molecule has 0 bridgehead atoms. The Kier molecular flexibility index (Phi) is 3.66. The van der Waals surface area contributed by atoms with Crippen molar-refractivity contribution in [2.75, 3.05) is 19.6 Å². The number of nitrogens with one attached hydrogen (secondary N) is 1. The SMILES string of the molecule is CC(Cn1cncc1C1CCCN1)N1CCCC1. The molecule has 1 aromatic heterocycles. The first-order valence-electron chi connectivity index (χ1n) is 7.32. The van der Waals surface area contributed by atoms with Gasteiger partial charge < -0.3 is 9.88 Å². The third-order valence-corrected chi connectivity index (χ3v) is 4.39. The normalized spacial score (nSPS) is 26.8. The quantitative estimate of drug-likeness (QED) is 0.882. The molecule has 0 saturated carbocycles. The van der Waals surface area contributed by atoms with Gasteiger partial charge in [0.05, 0.1) is 12.0 Å². The lowest BCUT2D eigenvalue weighted by molar-refractivity contribution is 0.233. The van der Waals surface area contributed by atoms with Crippen LogP contribution in [0.5, 0.6) is 0 Å². The Morgan fingerprint density at radius 1 is 1.39 bits per heavy atom. The predicted octanol–water partition coefficient (Wildman–Crippen LogP) is 1.79. The first kappa shape index (κ1) is 12.2. The van der Waals surface area contributed by atoms with Gasteiger partial charge >= 0.3 is 0 Å². The van der Waals surface area contributed by atoms with E-state index in [1.54, 1.807) is 0 Å². The van der Waals surface area contributed by atoms with Crippen molar-refractivity contribution >= 4 is 0 Å². The van der Waals surface area contributed by atoms with E-state index < -0.39 is 0 Å². The fourth-order valence-electron chi connectivity index (χ4n) is 3.29. The van der Waals surface area contributed by atoms with Gasteiger partial charge in [-0.15, -0.1) is 0 Å². The molecule has 2 aliphatic rings. The molecule has 4 nitrogen and oxygen atoms in total. The molecule has 18 heavy (non-hydrogen) atoms. The molecule has 3 heterocycles. The molecule has 100 valence electrons. The second kappa shape index (κ2) is 5.41. The van der Waals surface area contributed by atoms with Gasteiger partial charge in [0.1, 0.15) is 0 Å². The molecule has 2 saturated heterocycles. The van der Waals surface area contributed by atoms with Crippen LogP contribution >= 0.6 is 0 Å². The summed E-state index contributed by atoms with van der Waals surface area (Å²) in [4.78, 5) is 6.95. The summed E-state index contributed by atoms with van der Waals surface area (Å²) in [5.41, 5.74) is 1.37. The van der Waals surface area contributed by atoms with E-state index in [1.807, 2.05) is 12.5 Å². The number of hydrogen-bond donors (Lipinski definition) is 1. The van der Waals surface area contributed by atoms with Crippen LogP contribution in [-0.2, 0) is 6.54 Å². The van der Waals surface area contributed by atoms with E-state index in [1.165, 1.54) is 44.5 Å². The summed E-state index contributed by atoms with van der Waals surface area (Å²) in [6.45, 7) is 7.11. The first-order chi connectivity index (χ1) is 8.84. The van der Waals surface area contributed by atoms with Gasteiger partial charge in [0.25, 0.3) is 0 Å². The highest BCUT2D eigenvalue weighted by molar-refractivity contribution is 5.07. The Hall–Kier alpha value is -0.870. The van der Waals surface area contributed by atoms with Gasteiger partial charge in [-0.3, -0.25) is 4.90 Å². The van der Waals surface area contributed by atoms with E-state index in [2.05, 4.69) is 26.7 Å². The van der Waals surface area contributed by atoms with Crippen molar-refractivity contribution in [1.82, 2.24) is 19.8 Å². The third kappa shape index (κ3) is 2.45. The lowest BCUT2D eigenvalue weighted by Gasteiger charge is -2.25. The minimum absolute atomic E-state index is 0.526. The number of aromatic nitrogens is 2. The Balaban J connectivity index is 1.66. The Morgan fingerprint density at radius 3 is 2.94 bits per heavy atom. The van der Waals surface area contributed by atoms with E-state index >= 15 is 0 Å². The number of hydrogen-bond acceptors (Lipinski definition) is 3. The predicted molar refractivity (Wildman–Crippen MR) is 72.5 cm³/mol. The van der Waals surface area contributed by atoms with Crippen LogP contribution in [-0.4, -0.2) is 40.1 Å². The van der Waals surface area contributed by atoms with Crippen molar-refractivity contribution in [2.24, 2.45) is 0 Å². The molecule has 2 unspecified atom stereocenters. The molecule has 4 heteroatoms. The molecule has 1 aromatic rings. The summed E-state index contributed by atoms with van der Waals surface area (Å²) in [5.74, 6) is 0. The average molecular weight is 248 g/mol.